The number of aliphatic hydroxyl groups excluding tert-OH is 1. The van der Waals surface area contributed by atoms with Gasteiger partial charge in [0.25, 0.3) is 5.91 Å². The maximum Gasteiger partial charge on any atom is 0.336 e. The number of hydrogen-bond donors (Lipinski definition) is 2. The van der Waals surface area contributed by atoms with Crippen molar-refractivity contribution in [1.29, 1.82) is 0 Å². The Hall–Kier alpha value is -1.89. The summed E-state index contributed by atoms with van der Waals surface area (Å²) >= 11 is 0. The summed E-state index contributed by atoms with van der Waals surface area (Å²) in [7, 11) is 2.89. The van der Waals surface area contributed by atoms with Crippen molar-refractivity contribution in [3.8, 4) is 0 Å². The number of esters is 1. The predicted octanol–water partition coefficient (Wildman–Crippen LogP) is -1.32. The quantitative estimate of drug-likeness (QED) is 0.622. The number of aliphatic hydroxyl groups is 1. The molecule has 1 aromatic heterocycles. The number of nitrogens with zero attached hydrogens (tertiary/aromatic N) is 2. The highest BCUT2D eigenvalue weighted by molar-refractivity contribution is 5.92. The van der Waals surface area contributed by atoms with Crippen LogP contribution >= 0.6 is 0 Å². The van der Waals surface area contributed by atoms with E-state index >= 15 is 0 Å². The first-order chi connectivity index (χ1) is 7.54. The van der Waals surface area contributed by atoms with E-state index in [4.69, 9.17) is 0 Å². The van der Waals surface area contributed by atoms with Crippen LogP contribution in [0.2, 0.25) is 0 Å². The van der Waals surface area contributed by atoms with E-state index in [0.717, 1.165) is 7.11 Å². The molecule has 2 N–H and O–H groups in total. The second-order valence-corrected chi connectivity index (χ2v) is 3.17. The van der Waals surface area contributed by atoms with Gasteiger partial charge in [-0.05, 0) is 0 Å². The molecule has 0 spiro atoms. The first-order valence-electron chi connectivity index (χ1n) is 4.56. The van der Waals surface area contributed by atoms with Crippen LogP contribution in [0.4, 0.5) is 0 Å². The van der Waals surface area contributed by atoms with Crippen LogP contribution in [-0.4, -0.2) is 46.3 Å². The van der Waals surface area contributed by atoms with Crippen LogP contribution in [0.15, 0.2) is 12.5 Å². The molecule has 0 radical (unpaired) electrons. The zero-order valence-corrected chi connectivity index (χ0v) is 9.01. The van der Waals surface area contributed by atoms with Crippen molar-refractivity contribution >= 4 is 11.9 Å². The van der Waals surface area contributed by atoms with Crippen molar-refractivity contribution < 1.29 is 19.4 Å². The van der Waals surface area contributed by atoms with Gasteiger partial charge >= 0.3 is 5.97 Å². The molecule has 7 heteroatoms. The van der Waals surface area contributed by atoms with Crippen LogP contribution in [0.5, 0.6) is 0 Å². The number of rotatable bonds is 4. The fraction of sp³-hybridized carbons (Fsp3) is 0.444. The van der Waals surface area contributed by atoms with Crippen molar-refractivity contribution in [3.63, 3.8) is 0 Å². The molecule has 0 fully saturated rings. The average molecular weight is 227 g/mol. The van der Waals surface area contributed by atoms with Gasteiger partial charge < -0.3 is 19.7 Å². The number of aryl methyl sites for hydroxylation is 1. The molecule has 0 aromatic carbocycles. The third-order valence-corrected chi connectivity index (χ3v) is 1.87. The molecule has 1 rings (SSSR count). The molecule has 1 aromatic rings. The average Bonchev–Trinajstić information content (AvgIpc) is 2.71. The Morgan fingerprint density at radius 2 is 2.38 bits per heavy atom. The number of ether oxygens (including phenoxy) is 1. The molecular formula is C9H13N3O4. The van der Waals surface area contributed by atoms with E-state index in [1.54, 1.807) is 11.6 Å². The largest absolute Gasteiger partial charge is 0.467 e. The van der Waals surface area contributed by atoms with Gasteiger partial charge in [-0.25, -0.2) is 9.78 Å². The first-order valence-corrected chi connectivity index (χ1v) is 4.56. The Bertz CT molecular complexity index is 388. The first kappa shape index (κ1) is 12.2. The smallest absolute Gasteiger partial charge is 0.336 e. The van der Waals surface area contributed by atoms with Gasteiger partial charge in [-0.2, -0.15) is 0 Å². The number of hydrogen-bond acceptors (Lipinski definition) is 5. The van der Waals surface area contributed by atoms with Crippen molar-refractivity contribution in [2.24, 2.45) is 7.05 Å². The summed E-state index contributed by atoms with van der Waals surface area (Å²) < 4.78 is 5.91. The predicted molar refractivity (Wildman–Crippen MR) is 53.6 cm³/mol. The zero-order chi connectivity index (χ0) is 12.1. The molecule has 1 amide bonds. The fourth-order valence-electron chi connectivity index (χ4n) is 1.03. The van der Waals surface area contributed by atoms with Crippen LogP contribution in [-0.2, 0) is 16.6 Å². The molecular weight excluding hydrogens is 214 g/mol. The highest BCUT2D eigenvalue weighted by Gasteiger charge is 2.17. The zero-order valence-electron chi connectivity index (χ0n) is 9.01. The lowest BCUT2D eigenvalue weighted by Crippen LogP contribution is -2.37. The molecule has 1 unspecified atom stereocenters. The summed E-state index contributed by atoms with van der Waals surface area (Å²) in [4.78, 5) is 26.1. The Morgan fingerprint density at radius 3 is 2.88 bits per heavy atom. The van der Waals surface area contributed by atoms with E-state index in [1.165, 1.54) is 12.5 Å². The molecule has 7 nitrogen and oxygen atoms in total. The minimum Gasteiger partial charge on any atom is -0.467 e. The molecule has 0 saturated heterocycles. The number of carbonyl (C=O) groups is 2. The fourth-order valence-corrected chi connectivity index (χ4v) is 1.03. The van der Waals surface area contributed by atoms with Gasteiger partial charge in [-0.15, -0.1) is 0 Å². The summed E-state index contributed by atoms with van der Waals surface area (Å²) in [6.07, 6.45) is 1.64. The van der Waals surface area contributed by atoms with Crippen molar-refractivity contribution in [2.45, 2.75) is 6.10 Å². The van der Waals surface area contributed by atoms with Crippen molar-refractivity contribution in [3.05, 3.63) is 18.2 Å². The Kier molecular flexibility index (Phi) is 4.01. The van der Waals surface area contributed by atoms with E-state index in [9.17, 15) is 14.7 Å². The molecule has 0 aliphatic carbocycles. The monoisotopic (exact) mass is 227 g/mol. The highest BCUT2D eigenvalue weighted by Crippen LogP contribution is 1.94. The normalized spacial score (nSPS) is 11.9. The second-order valence-electron chi connectivity index (χ2n) is 3.17. The number of nitrogens with one attached hydrogen (secondary N) is 1. The number of imidazole rings is 1. The van der Waals surface area contributed by atoms with Gasteiger partial charge in [0.1, 0.15) is 5.69 Å². The Morgan fingerprint density at radius 1 is 1.69 bits per heavy atom. The maximum absolute atomic E-state index is 11.4. The molecule has 0 bridgehead atoms. The summed E-state index contributed by atoms with van der Waals surface area (Å²) in [6, 6.07) is 0. The van der Waals surface area contributed by atoms with Crippen LogP contribution in [0, 0.1) is 0 Å². The van der Waals surface area contributed by atoms with Gasteiger partial charge in [-0.3, -0.25) is 4.79 Å². The molecule has 16 heavy (non-hydrogen) atoms. The SMILES string of the molecule is COC(=O)C(O)CNC(=O)c1cn(C)cn1. The summed E-state index contributed by atoms with van der Waals surface area (Å²) in [5.41, 5.74) is 0.222. The van der Waals surface area contributed by atoms with E-state index in [0.29, 0.717) is 0 Å². The van der Waals surface area contributed by atoms with E-state index in [2.05, 4.69) is 15.0 Å². The third kappa shape index (κ3) is 3.06. The van der Waals surface area contributed by atoms with Crippen molar-refractivity contribution in [1.82, 2.24) is 14.9 Å². The molecule has 88 valence electrons. The van der Waals surface area contributed by atoms with Gasteiger partial charge in [0, 0.05) is 13.2 Å². The molecule has 1 atom stereocenters. The molecule has 0 aliphatic rings. The van der Waals surface area contributed by atoms with Crippen molar-refractivity contribution in [2.75, 3.05) is 13.7 Å². The summed E-state index contributed by atoms with van der Waals surface area (Å²) in [6.45, 7) is -0.206. The van der Waals surface area contributed by atoms with E-state index in [-0.39, 0.29) is 12.2 Å². The Balaban J connectivity index is 2.44. The standard InChI is InChI=1S/C9H13N3O4/c1-12-4-6(11-5-12)8(14)10-3-7(13)9(15)16-2/h4-5,7,13H,3H2,1-2H3,(H,10,14). The lowest BCUT2D eigenvalue weighted by atomic mass is 10.3. The molecule has 0 saturated carbocycles. The third-order valence-electron chi connectivity index (χ3n) is 1.87. The lowest BCUT2D eigenvalue weighted by molar-refractivity contribution is -0.149. The van der Waals surface area contributed by atoms with Gasteiger partial charge in [0.2, 0.25) is 0 Å². The summed E-state index contributed by atoms with van der Waals surface area (Å²) in [5.74, 6) is -1.25. The Labute approximate surface area is 92.0 Å². The van der Waals surface area contributed by atoms with Crippen LogP contribution in [0.25, 0.3) is 0 Å². The number of carbonyl (C=O) groups excluding carboxylic acids is 2. The van der Waals surface area contributed by atoms with Crippen LogP contribution in [0.3, 0.4) is 0 Å². The number of methoxy groups -OCH3 is 1. The summed E-state index contributed by atoms with van der Waals surface area (Å²) in [5, 5.41) is 11.6. The van der Waals surface area contributed by atoms with Gasteiger partial charge in [0.15, 0.2) is 6.10 Å². The number of aromatic nitrogens is 2. The van der Waals surface area contributed by atoms with Gasteiger partial charge in [-0.1, -0.05) is 0 Å². The van der Waals surface area contributed by atoms with E-state index in [1.807, 2.05) is 0 Å². The second kappa shape index (κ2) is 5.26. The minimum absolute atomic E-state index is 0.206. The highest BCUT2D eigenvalue weighted by atomic mass is 16.5. The lowest BCUT2D eigenvalue weighted by Gasteiger charge is -2.08. The van der Waals surface area contributed by atoms with Crippen LogP contribution in [0.1, 0.15) is 10.5 Å². The van der Waals surface area contributed by atoms with E-state index < -0.39 is 18.0 Å². The molecule has 0 aliphatic heterocycles. The van der Waals surface area contributed by atoms with Gasteiger partial charge in [0.05, 0.1) is 20.0 Å². The van der Waals surface area contributed by atoms with Crippen LogP contribution < -0.4 is 5.32 Å². The number of amides is 1. The molecule has 1 heterocycles. The topological polar surface area (TPSA) is 93.5 Å². The maximum atomic E-state index is 11.4. The minimum atomic E-state index is -1.36.